The lowest BCUT2D eigenvalue weighted by Crippen LogP contribution is -2.29. The van der Waals surface area contributed by atoms with Crippen LogP contribution in [0.2, 0.25) is 0 Å². The highest BCUT2D eigenvalue weighted by molar-refractivity contribution is 7.93. The molecule has 0 N–H and O–H groups in total. The number of fused-ring (bicyclic) bond motifs is 1. The molecule has 5 heteroatoms. The van der Waals surface area contributed by atoms with Crippen molar-refractivity contribution in [2.75, 3.05) is 10.8 Å². The summed E-state index contributed by atoms with van der Waals surface area (Å²) >= 11 is 0. The minimum absolute atomic E-state index is 0.0111. The lowest BCUT2D eigenvalue weighted by molar-refractivity contribution is 0.101. The van der Waals surface area contributed by atoms with Crippen LogP contribution < -0.4 is 4.31 Å². The van der Waals surface area contributed by atoms with Crippen molar-refractivity contribution in [3.63, 3.8) is 0 Å². The van der Waals surface area contributed by atoms with Crippen LogP contribution in [0.1, 0.15) is 28.4 Å². The number of nitrogens with zero attached hydrogens (tertiary/aromatic N) is 1. The molecule has 0 atom stereocenters. The molecule has 0 amide bonds. The molecule has 114 valence electrons. The van der Waals surface area contributed by atoms with Gasteiger partial charge in [-0.2, -0.15) is 0 Å². The first-order valence-corrected chi connectivity index (χ1v) is 8.57. The van der Waals surface area contributed by atoms with Gasteiger partial charge in [0, 0.05) is 12.1 Å². The standard InChI is InChI=1S/C17H17NO3S/c1-12-5-3-4-6-17(12)22(20,21)18-10-9-15-11-14(13(2)19)7-8-16(15)18/h3-8,11H,9-10H2,1-2H3. The highest BCUT2D eigenvalue weighted by Crippen LogP contribution is 2.34. The highest BCUT2D eigenvalue weighted by atomic mass is 32.2. The number of anilines is 1. The molecular formula is C17H17NO3S. The Hall–Kier alpha value is -2.14. The molecule has 1 aliphatic heterocycles. The zero-order valence-corrected chi connectivity index (χ0v) is 13.4. The number of carbonyl (C=O) groups excluding carboxylic acids is 1. The maximum Gasteiger partial charge on any atom is 0.264 e. The number of sulfonamides is 1. The maximum absolute atomic E-state index is 12.9. The van der Waals surface area contributed by atoms with E-state index in [2.05, 4.69) is 0 Å². The lowest BCUT2D eigenvalue weighted by Gasteiger charge is -2.20. The number of carbonyl (C=O) groups is 1. The maximum atomic E-state index is 12.9. The number of hydrogen-bond donors (Lipinski definition) is 0. The van der Waals surface area contributed by atoms with Crippen LogP contribution in [0.4, 0.5) is 5.69 Å². The predicted octanol–water partition coefficient (Wildman–Crippen LogP) is 2.95. The molecule has 1 heterocycles. The second kappa shape index (κ2) is 5.25. The van der Waals surface area contributed by atoms with Gasteiger partial charge in [-0.3, -0.25) is 9.10 Å². The normalized spacial score (nSPS) is 14.0. The van der Waals surface area contributed by atoms with Crippen molar-refractivity contribution in [1.82, 2.24) is 0 Å². The third-order valence-corrected chi connectivity index (χ3v) is 5.97. The molecule has 4 nitrogen and oxygen atoms in total. The molecule has 2 aromatic rings. The Kier molecular flexibility index (Phi) is 3.53. The molecule has 0 saturated heterocycles. The van der Waals surface area contributed by atoms with E-state index in [1.165, 1.54) is 11.2 Å². The Morgan fingerprint density at radius 3 is 2.55 bits per heavy atom. The topological polar surface area (TPSA) is 54.5 Å². The number of Topliss-reactive ketones (excluding diaryl/α,β-unsaturated/α-hetero) is 1. The van der Waals surface area contributed by atoms with E-state index >= 15 is 0 Å². The highest BCUT2D eigenvalue weighted by Gasteiger charge is 2.31. The van der Waals surface area contributed by atoms with Crippen molar-refractivity contribution in [3.8, 4) is 0 Å². The molecule has 0 bridgehead atoms. The SMILES string of the molecule is CC(=O)c1ccc2c(c1)CCN2S(=O)(=O)c1ccccc1C. The van der Waals surface area contributed by atoms with Gasteiger partial charge in [0.15, 0.2) is 5.78 Å². The van der Waals surface area contributed by atoms with Gasteiger partial charge in [-0.25, -0.2) is 8.42 Å². The van der Waals surface area contributed by atoms with Gasteiger partial charge in [-0.15, -0.1) is 0 Å². The van der Waals surface area contributed by atoms with Gasteiger partial charge in [0.1, 0.15) is 0 Å². The Morgan fingerprint density at radius 2 is 1.86 bits per heavy atom. The van der Waals surface area contributed by atoms with Crippen molar-refractivity contribution in [2.24, 2.45) is 0 Å². The van der Waals surface area contributed by atoms with Crippen molar-refractivity contribution in [3.05, 3.63) is 59.2 Å². The molecule has 0 fully saturated rings. The van der Waals surface area contributed by atoms with Crippen LogP contribution in [0.15, 0.2) is 47.4 Å². The van der Waals surface area contributed by atoms with Crippen molar-refractivity contribution >= 4 is 21.5 Å². The van der Waals surface area contributed by atoms with Gasteiger partial charge in [0.2, 0.25) is 0 Å². The van der Waals surface area contributed by atoms with Gasteiger partial charge >= 0.3 is 0 Å². The number of rotatable bonds is 3. The Balaban J connectivity index is 2.07. The molecule has 0 spiro atoms. The second-order valence-electron chi connectivity index (χ2n) is 5.49. The monoisotopic (exact) mass is 315 g/mol. The van der Waals surface area contributed by atoms with Crippen LogP contribution >= 0.6 is 0 Å². The van der Waals surface area contributed by atoms with Crippen molar-refractivity contribution in [1.29, 1.82) is 0 Å². The van der Waals surface area contributed by atoms with Crippen LogP contribution in [0.5, 0.6) is 0 Å². The van der Waals surface area contributed by atoms with Crippen LogP contribution in [-0.4, -0.2) is 20.7 Å². The minimum atomic E-state index is -3.57. The summed E-state index contributed by atoms with van der Waals surface area (Å²) in [6, 6.07) is 12.2. The van der Waals surface area contributed by atoms with E-state index in [1.54, 1.807) is 43.3 Å². The molecule has 2 aromatic carbocycles. The molecule has 0 saturated carbocycles. The van der Waals surface area contributed by atoms with Gasteiger partial charge in [-0.05, 0) is 55.7 Å². The largest absolute Gasteiger partial charge is 0.295 e. The minimum Gasteiger partial charge on any atom is -0.295 e. The summed E-state index contributed by atoms with van der Waals surface area (Å²) in [4.78, 5) is 11.8. The third-order valence-electron chi connectivity index (χ3n) is 4.00. The van der Waals surface area contributed by atoms with Gasteiger partial charge in [-0.1, -0.05) is 18.2 Å². The smallest absolute Gasteiger partial charge is 0.264 e. The molecule has 22 heavy (non-hydrogen) atoms. The van der Waals surface area contributed by atoms with E-state index in [9.17, 15) is 13.2 Å². The molecule has 3 rings (SSSR count). The summed E-state index contributed by atoms with van der Waals surface area (Å²) in [7, 11) is -3.57. The third kappa shape index (κ3) is 2.31. The quantitative estimate of drug-likeness (QED) is 0.818. The van der Waals surface area contributed by atoms with Crippen LogP contribution in [0, 0.1) is 6.92 Å². The predicted molar refractivity (Wildman–Crippen MR) is 85.9 cm³/mol. The summed E-state index contributed by atoms with van der Waals surface area (Å²) in [5, 5.41) is 0. The van der Waals surface area contributed by atoms with Gasteiger partial charge in [0.25, 0.3) is 10.0 Å². The fourth-order valence-electron chi connectivity index (χ4n) is 2.80. The van der Waals surface area contributed by atoms with E-state index in [-0.39, 0.29) is 5.78 Å². The van der Waals surface area contributed by atoms with E-state index < -0.39 is 10.0 Å². The summed E-state index contributed by atoms with van der Waals surface area (Å²) in [5.41, 5.74) is 2.93. The summed E-state index contributed by atoms with van der Waals surface area (Å²) in [6.07, 6.45) is 0.627. The zero-order chi connectivity index (χ0) is 15.9. The summed E-state index contributed by atoms with van der Waals surface area (Å²) < 4.78 is 27.2. The van der Waals surface area contributed by atoms with Crippen molar-refractivity contribution < 1.29 is 13.2 Å². The van der Waals surface area contributed by atoms with E-state index in [4.69, 9.17) is 0 Å². The first-order valence-electron chi connectivity index (χ1n) is 7.13. The van der Waals surface area contributed by atoms with E-state index in [0.29, 0.717) is 29.1 Å². The van der Waals surface area contributed by atoms with E-state index in [0.717, 1.165) is 11.1 Å². The number of ketones is 1. The number of aryl methyl sites for hydroxylation is 1. The van der Waals surface area contributed by atoms with Crippen LogP contribution in [-0.2, 0) is 16.4 Å². The second-order valence-corrected chi connectivity index (χ2v) is 7.32. The fourth-order valence-corrected chi connectivity index (χ4v) is 4.54. The summed E-state index contributed by atoms with van der Waals surface area (Å²) in [5.74, 6) is -0.0111. The summed E-state index contributed by atoms with van der Waals surface area (Å²) in [6.45, 7) is 3.72. The molecule has 1 aliphatic rings. The fraction of sp³-hybridized carbons (Fsp3) is 0.235. The van der Waals surface area contributed by atoms with Crippen molar-refractivity contribution in [2.45, 2.75) is 25.2 Å². The Morgan fingerprint density at radius 1 is 1.14 bits per heavy atom. The van der Waals surface area contributed by atoms with E-state index in [1.807, 2.05) is 6.07 Å². The lowest BCUT2D eigenvalue weighted by atomic mass is 10.1. The Bertz CT molecular complexity index is 856. The zero-order valence-electron chi connectivity index (χ0n) is 12.5. The molecule has 0 radical (unpaired) electrons. The van der Waals surface area contributed by atoms with Gasteiger partial charge < -0.3 is 0 Å². The molecule has 0 unspecified atom stereocenters. The Labute approximate surface area is 130 Å². The first-order chi connectivity index (χ1) is 10.4. The number of hydrogen-bond acceptors (Lipinski definition) is 3. The molecule has 0 aromatic heterocycles. The van der Waals surface area contributed by atoms with Gasteiger partial charge in [0.05, 0.1) is 10.6 Å². The van der Waals surface area contributed by atoms with Crippen LogP contribution in [0.25, 0.3) is 0 Å². The first kappa shape index (κ1) is 14.8. The molecule has 0 aliphatic carbocycles. The number of benzene rings is 2. The average Bonchev–Trinajstić information content (AvgIpc) is 2.91. The van der Waals surface area contributed by atoms with Crippen LogP contribution in [0.3, 0.4) is 0 Å². The average molecular weight is 315 g/mol. The molecular weight excluding hydrogens is 298 g/mol.